The SMILES string of the molecule is Cc1c(-[n+]2ccccc2C)cc2ccccc2c1-[n+]1cccnc1C. The van der Waals surface area contributed by atoms with Crippen molar-refractivity contribution in [3.8, 4) is 11.4 Å². The van der Waals surface area contributed by atoms with Crippen LogP contribution in [0.5, 0.6) is 0 Å². The maximum absolute atomic E-state index is 4.48. The predicted molar refractivity (Wildman–Crippen MR) is 99.0 cm³/mol. The maximum atomic E-state index is 4.48. The quantitative estimate of drug-likeness (QED) is 0.514. The molecule has 0 unspecified atom stereocenters. The van der Waals surface area contributed by atoms with Crippen LogP contribution in [0.25, 0.3) is 22.1 Å². The second-order valence-electron chi connectivity index (χ2n) is 6.34. The van der Waals surface area contributed by atoms with Crippen LogP contribution in [-0.2, 0) is 0 Å². The molecule has 4 rings (SSSR count). The molecule has 0 aliphatic heterocycles. The van der Waals surface area contributed by atoms with Crippen molar-refractivity contribution in [3.63, 3.8) is 0 Å². The summed E-state index contributed by atoms with van der Waals surface area (Å²) in [5, 5.41) is 2.46. The van der Waals surface area contributed by atoms with Gasteiger partial charge in [0, 0.05) is 43.5 Å². The lowest BCUT2D eigenvalue weighted by Gasteiger charge is -2.12. The fourth-order valence-electron chi connectivity index (χ4n) is 3.46. The number of hydrogen-bond donors (Lipinski definition) is 0. The van der Waals surface area contributed by atoms with Gasteiger partial charge in [-0.25, -0.2) is 0 Å². The first-order valence-electron chi connectivity index (χ1n) is 8.50. The van der Waals surface area contributed by atoms with Gasteiger partial charge >= 0.3 is 0 Å². The van der Waals surface area contributed by atoms with Crippen LogP contribution in [0, 0.1) is 20.8 Å². The minimum atomic E-state index is 0.975. The Balaban J connectivity index is 2.13. The lowest BCUT2D eigenvalue weighted by molar-refractivity contribution is -0.612. The Kier molecular flexibility index (Phi) is 3.77. The van der Waals surface area contributed by atoms with E-state index in [2.05, 4.69) is 88.9 Å². The van der Waals surface area contributed by atoms with E-state index in [1.165, 1.54) is 33.4 Å². The molecule has 0 fully saturated rings. The van der Waals surface area contributed by atoms with Crippen LogP contribution in [0.1, 0.15) is 17.1 Å². The molecule has 3 heteroatoms. The summed E-state index contributed by atoms with van der Waals surface area (Å²) in [5.74, 6) is 0.975. The monoisotopic (exact) mass is 327 g/mol. The molecular weight excluding hydrogens is 306 g/mol. The molecule has 122 valence electrons. The zero-order valence-corrected chi connectivity index (χ0v) is 14.8. The highest BCUT2D eigenvalue weighted by Gasteiger charge is 2.23. The van der Waals surface area contributed by atoms with Crippen molar-refractivity contribution >= 4 is 10.8 Å². The van der Waals surface area contributed by atoms with Crippen LogP contribution in [0.4, 0.5) is 0 Å². The number of pyridine rings is 1. The number of benzene rings is 2. The summed E-state index contributed by atoms with van der Waals surface area (Å²) >= 11 is 0. The minimum absolute atomic E-state index is 0.975. The van der Waals surface area contributed by atoms with Gasteiger partial charge in [-0.1, -0.05) is 35.3 Å². The Hall–Kier alpha value is -3.07. The number of fused-ring (bicyclic) bond motifs is 1. The van der Waals surface area contributed by atoms with Crippen LogP contribution in [0.3, 0.4) is 0 Å². The highest BCUT2D eigenvalue weighted by molar-refractivity contribution is 5.91. The molecule has 0 aliphatic rings. The smallest absolute Gasteiger partial charge is 0.199 e. The maximum Gasteiger partial charge on any atom is 0.300 e. The molecule has 0 atom stereocenters. The molecule has 0 saturated carbocycles. The van der Waals surface area contributed by atoms with Crippen molar-refractivity contribution in [2.75, 3.05) is 0 Å². The van der Waals surface area contributed by atoms with Crippen molar-refractivity contribution < 1.29 is 9.13 Å². The van der Waals surface area contributed by atoms with Crippen molar-refractivity contribution in [2.45, 2.75) is 20.8 Å². The third-order valence-electron chi connectivity index (χ3n) is 4.74. The molecule has 0 radical (unpaired) electrons. The third kappa shape index (κ3) is 2.58. The van der Waals surface area contributed by atoms with Gasteiger partial charge in [0.1, 0.15) is 18.1 Å². The van der Waals surface area contributed by atoms with Crippen molar-refractivity contribution in [1.29, 1.82) is 0 Å². The predicted octanol–water partition coefficient (Wildman–Crippen LogP) is 3.71. The van der Waals surface area contributed by atoms with Crippen molar-refractivity contribution in [1.82, 2.24) is 4.98 Å². The molecular formula is C22H21N3+2. The van der Waals surface area contributed by atoms with Gasteiger partial charge in [0.05, 0.1) is 5.56 Å². The van der Waals surface area contributed by atoms with Gasteiger partial charge in [0.25, 0.3) is 5.82 Å². The molecule has 0 spiro atoms. The first-order chi connectivity index (χ1) is 12.2. The molecule has 2 heterocycles. The van der Waals surface area contributed by atoms with Crippen LogP contribution < -0.4 is 9.13 Å². The molecule has 25 heavy (non-hydrogen) atoms. The highest BCUT2D eigenvalue weighted by Crippen LogP contribution is 2.26. The summed E-state index contributed by atoms with van der Waals surface area (Å²) in [6.07, 6.45) is 6.05. The zero-order chi connectivity index (χ0) is 17.4. The second-order valence-corrected chi connectivity index (χ2v) is 6.34. The number of aryl methyl sites for hydroxylation is 2. The van der Waals surface area contributed by atoms with E-state index in [1.54, 1.807) is 0 Å². The molecule has 0 saturated heterocycles. The summed E-state index contributed by atoms with van der Waals surface area (Å²) in [6, 6.07) is 19.1. The highest BCUT2D eigenvalue weighted by atomic mass is 15.0. The Morgan fingerprint density at radius 3 is 2.36 bits per heavy atom. The standard InChI is InChI=1S/C22H21N3/c1-16-9-6-7-13-24(16)21-15-19-10-4-5-11-20(19)22(17(21)2)25-14-8-12-23-18(25)3/h4-15H,1-3H3/q+2. The van der Waals surface area contributed by atoms with Crippen LogP contribution in [0.2, 0.25) is 0 Å². The molecule has 0 bridgehead atoms. The Labute approximate surface area is 147 Å². The molecule has 0 aliphatic carbocycles. The zero-order valence-electron chi connectivity index (χ0n) is 14.8. The Morgan fingerprint density at radius 2 is 1.56 bits per heavy atom. The summed E-state index contributed by atoms with van der Waals surface area (Å²) < 4.78 is 4.43. The van der Waals surface area contributed by atoms with Gasteiger partial charge in [-0.15, -0.1) is 0 Å². The van der Waals surface area contributed by atoms with E-state index in [0.29, 0.717) is 0 Å². The fraction of sp³-hybridized carbons (Fsp3) is 0.136. The number of nitrogens with zero attached hydrogens (tertiary/aromatic N) is 3. The van der Waals surface area contributed by atoms with Gasteiger partial charge in [-0.05, 0) is 12.3 Å². The third-order valence-corrected chi connectivity index (χ3v) is 4.74. The summed E-state index contributed by atoms with van der Waals surface area (Å²) in [4.78, 5) is 4.48. The average molecular weight is 327 g/mol. The topological polar surface area (TPSA) is 20.6 Å². The molecule has 2 aromatic carbocycles. The van der Waals surface area contributed by atoms with Crippen LogP contribution in [0.15, 0.2) is 73.2 Å². The van der Waals surface area contributed by atoms with Gasteiger partial charge in [-0.2, -0.15) is 9.13 Å². The molecule has 0 amide bonds. The van der Waals surface area contributed by atoms with Crippen molar-refractivity contribution in [3.05, 3.63) is 90.3 Å². The second kappa shape index (κ2) is 6.10. The lowest BCUT2D eigenvalue weighted by Crippen LogP contribution is -2.39. The Morgan fingerprint density at radius 1 is 0.800 bits per heavy atom. The lowest BCUT2D eigenvalue weighted by atomic mass is 10.0. The van der Waals surface area contributed by atoms with Crippen molar-refractivity contribution in [2.24, 2.45) is 0 Å². The summed E-state index contributed by atoms with van der Waals surface area (Å²) in [5.41, 5.74) is 4.83. The number of rotatable bonds is 2. The van der Waals surface area contributed by atoms with E-state index in [1.807, 2.05) is 19.2 Å². The largest absolute Gasteiger partial charge is 0.300 e. The van der Waals surface area contributed by atoms with Crippen LogP contribution in [-0.4, -0.2) is 4.98 Å². The first kappa shape index (κ1) is 15.5. The van der Waals surface area contributed by atoms with E-state index >= 15 is 0 Å². The van der Waals surface area contributed by atoms with E-state index < -0.39 is 0 Å². The minimum Gasteiger partial charge on any atom is -0.199 e. The van der Waals surface area contributed by atoms with Gasteiger partial charge in [-0.3, -0.25) is 0 Å². The van der Waals surface area contributed by atoms with Gasteiger partial charge < -0.3 is 0 Å². The van der Waals surface area contributed by atoms with Gasteiger partial charge in [0.15, 0.2) is 11.9 Å². The average Bonchev–Trinajstić information content (AvgIpc) is 2.63. The Bertz CT molecular complexity index is 1080. The number of hydrogen-bond acceptors (Lipinski definition) is 1. The summed E-state index contributed by atoms with van der Waals surface area (Å²) in [6.45, 7) is 6.37. The molecule has 0 N–H and O–H groups in total. The first-order valence-corrected chi connectivity index (χ1v) is 8.50. The molecule has 4 aromatic rings. The fourth-order valence-corrected chi connectivity index (χ4v) is 3.46. The molecule has 3 nitrogen and oxygen atoms in total. The van der Waals surface area contributed by atoms with Gasteiger partial charge in [0.2, 0.25) is 5.69 Å². The molecule has 2 aromatic heterocycles. The summed E-state index contributed by atoms with van der Waals surface area (Å²) in [7, 11) is 0. The van der Waals surface area contributed by atoms with E-state index in [-0.39, 0.29) is 0 Å². The van der Waals surface area contributed by atoms with Crippen LogP contribution >= 0.6 is 0 Å². The normalized spacial score (nSPS) is 11.0. The van der Waals surface area contributed by atoms with E-state index in [9.17, 15) is 0 Å². The number of aromatic nitrogens is 3. The van der Waals surface area contributed by atoms with E-state index in [0.717, 1.165) is 5.82 Å². The van der Waals surface area contributed by atoms with E-state index in [4.69, 9.17) is 0 Å².